The molecule has 2 atom stereocenters. The van der Waals surface area contributed by atoms with Crippen LogP contribution in [0.15, 0.2) is 0 Å². The number of carboxylic acid groups (broad SMARTS) is 1. The molecule has 2 bridgehead atoms. The van der Waals surface area contributed by atoms with Gasteiger partial charge in [-0.05, 0) is 12.8 Å². The number of carbonyl (C=O) groups is 2. The lowest BCUT2D eigenvalue weighted by molar-refractivity contribution is -0.0900. The summed E-state index contributed by atoms with van der Waals surface area (Å²) in [5.41, 5.74) is -0.325. The molecule has 4 saturated heterocycles. The number of ether oxygens (including phenoxy) is 2. The topological polar surface area (TPSA) is 91.3 Å². The fraction of sp³-hybridized carbons (Fsp3) is 0.867. The number of carbonyl (C=O) groups excluding carboxylic acids is 1. The Bertz CT molecular complexity index is 491. The van der Waals surface area contributed by atoms with Crippen LogP contribution < -0.4 is 5.32 Å². The number of hydrogen-bond donors (Lipinski definition) is 2. The van der Waals surface area contributed by atoms with Gasteiger partial charge in [0.25, 0.3) is 0 Å². The Labute approximate surface area is 134 Å². The predicted octanol–water partition coefficient (Wildman–Crippen LogP) is 0.471. The van der Waals surface area contributed by atoms with E-state index < -0.39 is 6.09 Å². The van der Waals surface area contributed by atoms with Gasteiger partial charge in [-0.1, -0.05) is 0 Å². The Morgan fingerprint density at radius 2 is 1.83 bits per heavy atom. The number of likely N-dealkylation sites (tertiary alicyclic amines) is 1. The number of hydrogen-bond acceptors (Lipinski definition) is 5. The largest absolute Gasteiger partial charge is 0.465 e. The molecule has 4 heterocycles. The van der Waals surface area contributed by atoms with Crippen molar-refractivity contribution in [2.75, 3.05) is 32.8 Å². The van der Waals surface area contributed by atoms with E-state index >= 15 is 0 Å². The van der Waals surface area contributed by atoms with Crippen LogP contribution in [0.2, 0.25) is 0 Å². The van der Waals surface area contributed by atoms with Gasteiger partial charge in [-0.15, -0.1) is 0 Å². The maximum absolute atomic E-state index is 11.5. The molecule has 0 saturated carbocycles. The van der Waals surface area contributed by atoms with Crippen molar-refractivity contribution in [2.24, 2.45) is 0 Å². The van der Waals surface area contributed by atoms with Gasteiger partial charge in [-0.25, -0.2) is 9.59 Å². The molecule has 2 amide bonds. The molecule has 8 nitrogen and oxygen atoms in total. The van der Waals surface area contributed by atoms with Crippen LogP contribution in [0.3, 0.4) is 0 Å². The van der Waals surface area contributed by atoms with Crippen molar-refractivity contribution >= 4 is 12.2 Å². The second-order valence-electron chi connectivity index (χ2n) is 7.12. The average Bonchev–Trinajstić information content (AvgIpc) is 2.87. The first kappa shape index (κ1) is 15.0. The van der Waals surface area contributed by atoms with E-state index in [0.717, 1.165) is 38.8 Å². The van der Waals surface area contributed by atoms with Gasteiger partial charge in [0.05, 0.1) is 31.8 Å². The van der Waals surface area contributed by atoms with E-state index in [9.17, 15) is 14.7 Å². The third-order valence-electron chi connectivity index (χ3n) is 5.81. The van der Waals surface area contributed by atoms with Gasteiger partial charge in [-0.3, -0.25) is 9.80 Å². The second kappa shape index (κ2) is 5.52. The highest BCUT2D eigenvalue weighted by molar-refractivity contribution is 5.70. The number of fused-ring (bicyclic) bond motifs is 2. The van der Waals surface area contributed by atoms with Crippen molar-refractivity contribution in [2.45, 2.75) is 49.4 Å². The molecule has 0 aromatic rings. The summed E-state index contributed by atoms with van der Waals surface area (Å²) in [5.74, 6) is 0. The number of rotatable bonds is 1. The molecule has 0 radical (unpaired) electrons. The Morgan fingerprint density at radius 3 is 2.35 bits per heavy atom. The first-order valence-corrected chi connectivity index (χ1v) is 8.36. The fourth-order valence-corrected chi connectivity index (χ4v) is 4.57. The maximum Gasteiger partial charge on any atom is 0.407 e. The molecule has 4 aliphatic rings. The first-order chi connectivity index (χ1) is 11.1. The van der Waals surface area contributed by atoms with Crippen molar-refractivity contribution in [3.63, 3.8) is 0 Å². The molecule has 128 valence electrons. The number of nitrogens with zero attached hydrogens (tertiary/aromatic N) is 2. The first-order valence-electron chi connectivity index (χ1n) is 8.36. The minimum Gasteiger partial charge on any atom is -0.465 e. The molecule has 0 aromatic heterocycles. The molecule has 1 spiro atoms. The zero-order valence-electron chi connectivity index (χ0n) is 13.1. The van der Waals surface area contributed by atoms with Gasteiger partial charge in [0.1, 0.15) is 5.60 Å². The summed E-state index contributed by atoms with van der Waals surface area (Å²) in [7, 11) is 0. The standard InChI is InChI=1S/C15H23N3O5/c19-13-16-9-15(23-13)1-3-17(4-2-15)10-5-11-7-22-8-12(6-10)18(11)14(20)21/h10-12H,1-9H2,(H,16,19)(H,20,21). The third-order valence-corrected chi connectivity index (χ3v) is 5.81. The van der Waals surface area contributed by atoms with Crippen LogP contribution in [0, 0.1) is 0 Å². The minimum atomic E-state index is -0.830. The van der Waals surface area contributed by atoms with E-state index in [1.165, 1.54) is 0 Å². The van der Waals surface area contributed by atoms with Gasteiger partial charge in [0.15, 0.2) is 0 Å². The van der Waals surface area contributed by atoms with Crippen molar-refractivity contribution < 1.29 is 24.2 Å². The van der Waals surface area contributed by atoms with E-state index in [1.54, 1.807) is 4.90 Å². The summed E-state index contributed by atoms with van der Waals surface area (Å²) in [4.78, 5) is 26.8. The summed E-state index contributed by atoms with van der Waals surface area (Å²) >= 11 is 0. The van der Waals surface area contributed by atoms with Crippen LogP contribution in [-0.2, 0) is 9.47 Å². The number of morpholine rings is 1. The molecule has 4 rings (SSSR count). The Hall–Kier alpha value is -1.54. The Morgan fingerprint density at radius 1 is 1.17 bits per heavy atom. The van der Waals surface area contributed by atoms with E-state index in [1.807, 2.05) is 0 Å². The van der Waals surface area contributed by atoms with Crippen LogP contribution in [0.1, 0.15) is 25.7 Å². The van der Waals surface area contributed by atoms with Crippen LogP contribution in [0.25, 0.3) is 0 Å². The normalized spacial score (nSPS) is 36.6. The molecule has 2 unspecified atom stereocenters. The highest BCUT2D eigenvalue weighted by atomic mass is 16.6. The SMILES string of the molecule is O=C1NCC2(CCN(C3CC4COCC(C3)N4C(=O)O)CC2)O1. The van der Waals surface area contributed by atoms with Crippen LogP contribution in [-0.4, -0.2) is 83.7 Å². The summed E-state index contributed by atoms with van der Waals surface area (Å²) in [5, 5.41) is 12.2. The van der Waals surface area contributed by atoms with Crippen LogP contribution >= 0.6 is 0 Å². The zero-order chi connectivity index (χ0) is 16.0. The van der Waals surface area contributed by atoms with E-state index in [-0.39, 0.29) is 23.8 Å². The van der Waals surface area contributed by atoms with Gasteiger partial charge in [-0.2, -0.15) is 0 Å². The fourth-order valence-electron chi connectivity index (χ4n) is 4.57. The monoisotopic (exact) mass is 325 g/mol. The van der Waals surface area contributed by atoms with Gasteiger partial charge < -0.3 is 19.9 Å². The number of nitrogens with one attached hydrogen (secondary N) is 1. The van der Waals surface area contributed by atoms with Crippen molar-refractivity contribution in [3.05, 3.63) is 0 Å². The molecule has 4 fully saturated rings. The zero-order valence-corrected chi connectivity index (χ0v) is 13.1. The lowest BCUT2D eigenvalue weighted by Gasteiger charge is -2.51. The van der Waals surface area contributed by atoms with Gasteiger partial charge >= 0.3 is 12.2 Å². The maximum atomic E-state index is 11.5. The molecule has 8 heteroatoms. The van der Waals surface area contributed by atoms with Gasteiger partial charge in [0.2, 0.25) is 0 Å². The van der Waals surface area contributed by atoms with Gasteiger partial charge in [0, 0.05) is 32.0 Å². The summed E-state index contributed by atoms with van der Waals surface area (Å²) in [6.07, 6.45) is 2.21. The molecule has 23 heavy (non-hydrogen) atoms. The lowest BCUT2D eigenvalue weighted by Crippen LogP contribution is -2.63. The molecule has 4 aliphatic heterocycles. The molecular weight excluding hydrogens is 302 g/mol. The average molecular weight is 325 g/mol. The minimum absolute atomic E-state index is 0.0353. The third kappa shape index (κ3) is 2.63. The van der Waals surface area contributed by atoms with E-state index in [4.69, 9.17) is 9.47 Å². The van der Waals surface area contributed by atoms with Crippen LogP contribution in [0.5, 0.6) is 0 Å². The lowest BCUT2D eigenvalue weighted by atomic mass is 9.85. The van der Waals surface area contributed by atoms with Crippen molar-refractivity contribution in [1.82, 2.24) is 15.1 Å². The number of alkyl carbamates (subject to hydrolysis) is 1. The predicted molar refractivity (Wildman–Crippen MR) is 79.3 cm³/mol. The summed E-state index contributed by atoms with van der Waals surface area (Å²) < 4.78 is 11.0. The van der Waals surface area contributed by atoms with E-state index in [2.05, 4.69) is 10.2 Å². The molecular formula is C15H23N3O5. The van der Waals surface area contributed by atoms with Crippen molar-refractivity contribution in [3.8, 4) is 0 Å². The highest BCUT2D eigenvalue weighted by Gasteiger charge is 2.47. The quantitative estimate of drug-likeness (QED) is 0.728. The number of amides is 2. The summed E-state index contributed by atoms with van der Waals surface area (Å²) in [6, 6.07) is 0.325. The number of piperidine rings is 2. The van der Waals surface area contributed by atoms with Crippen molar-refractivity contribution in [1.29, 1.82) is 0 Å². The molecule has 0 aromatic carbocycles. The van der Waals surface area contributed by atoms with E-state index in [0.29, 0.717) is 25.8 Å². The highest BCUT2D eigenvalue weighted by Crippen LogP contribution is 2.35. The molecule has 2 N–H and O–H groups in total. The molecule has 0 aliphatic carbocycles. The Balaban J connectivity index is 1.39. The smallest absolute Gasteiger partial charge is 0.407 e. The summed E-state index contributed by atoms with van der Waals surface area (Å²) in [6.45, 7) is 3.40. The Kier molecular flexibility index (Phi) is 3.60. The van der Waals surface area contributed by atoms with Crippen LogP contribution in [0.4, 0.5) is 9.59 Å². The second-order valence-corrected chi connectivity index (χ2v) is 7.12.